The van der Waals surface area contributed by atoms with Crippen LogP contribution in [0.3, 0.4) is 0 Å². The van der Waals surface area contributed by atoms with E-state index in [-0.39, 0.29) is 17.1 Å². The lowest BCUT2D eigenvalue weighted by Gasteiger charge is -2.26. The molecule has 160 valence electrons. The molecule has 5 rings (SSSR count). The average molecular weight is 427 g/mol. The van der Waals surface area contributed by atoms with Gasteiger partial charge in [0.15, 0.2) is 16.9 Å². The van der Waals surface area contributed by atoms with Gasteiger partial charge in [0.2, 0.25) is 5.76 Å². The summed E-state index contributed by atoms with van der Waals surface area (Å²) in [6, 6.07) is 21.5. The van der Waals surface area contributed by atoms with E-state index in [1.54, 1.807) is 55.5 Å². The Morgan fingerprint density at radius 2 is 1.59 bits per heavy atom. The molecule has 3 aromatic carbocycles. The molecule has 1 amide bonds. The highest BCUT2D eigenvalue weighted by Gasteiger charge is 2.43. The fraction of sp³-hybridized carbons (Fsp3) is 0.154. The summed E-state index contributed by atoms with van der Waals surface area (Å²) in [6.07, 6.45) is 0. The van der Waals surface area contributed by atoms with Crippen molar-refractivity contribution in [2.75, 3.05) is 14.2 Å². The predicted molar refractivity (Wildman–Crippen MR) is 120 cm³/mol. The van der Waals surface area contributed by atoms with E-state index in [0.717, 1.165) is 11.1 Å². The fourth-order valence-electron chi connectivity index (χ4n) is 4.28. The van der Waals surface area contributed by atoms with Crippen LogP contribution in [-0.4, -0.2) is 25.0 Å². The van der Waals surface area contributed by atoms with Crippen LogP contribution >= 0.6 is 0 Å². The van der Waals surface area contributed by atoms with Crippen molar-refractivity contribution >= 4 is 16.9 Å². The van der Waals surface area contributed by atoms with Gasteiger partial charge in [-0.2, -0.15) is 0 Å². The number of carbonyl (C=O) groups is 1. The number of amides is 1. The molecular formula is C26H21NO5. The Balaban J connectivity index is 1.73. The lowest BCUT2D eigenvalue weighted by atomic mass is 9.97. The van der Waals surface area contributed by atoms with Crippen molar-refractivity contribution in [1.29, 1.82) is 0 Å². The third kappa shape index (κ3) is 3.12. The van der Waals surface area contributed by atoms with Gasteiger partial charge in [-0.3, -0.25) is 9.59 Å². The SMILES string of the molecule is COc1ccc(C2c3c(oc4ccccc4c3=O)C(=O)N2Cc2ccccc2)cc1OC. The van der Waals surface area contributed by atoms with Gasteiger partial charge in [-0.15, -0.1) is 0 Å². The second-order valence-corrected chi connectivity index (χ2v) is 7.61. The van der Waals surface area contributed by atoms with E-state index in [0.29, 0.717) is 34.6 Å². The Kier molecular flexibility index (Phi) is 4.90. The van der Waals surface area contributed by atoms with E-state index < -0.39 is 6.04 Å². The van der Waals surface area contributed by atoms with E-state index in [4.69, 9.17) is 13.9 Å². The molecule has 1 unspecified atom stereocenters. The lowest BCUT2D eigenvalue weighted by molar-refractivity contribution is 0.0714. The highest BCUT2D eigenvalue weighted by Crippen LogP contribution is 2.41. The number of para-hydroxylation sites is 1. The van der Waals surface area contributed by atoms with Gasteiger partial charge in [-0.1, -0.05) is 48.5 Å². The Labute approximate surface area is 184 Å². The maximum atomic E-state index is 13.5. The molecule has 0 fully saturated rings. The van der Waals surface area contributed by atoms with Crippen molar-refractivity contribution in [2.24, 2.45) is 0 Å². The van der Waals surface area contributed by atoms with Crippen LogP contribution < -0.4 is 14.9 Å². The molecule has 1 aliphatic rings. The molecule has 1 aromatic heterocycles. The Hall–Kier alpha value is -4.06. The second kappa shape index (κ2) is 7.89. The van der Waals surface area contributed by atoms with Crippen LogP contribution in [0.5, 0.6) is 11.5 Å². The Morgan fingerprint density at radius 1 is 0.875 bits per heavy atom. The molecule has 0 saturated carbocycles. The molecule has 4 aromatic rings. The smallest absolute Gasteiger partial charge is 0.291 e. The van der Waals surface area contributed by atoms with Gasteiger partial charge in [0.05, 0.1) is 31.2 Å². The number of hydrogen-bond acceptors (Lipinski definition) is 5. The molecule has 0 aliphatic carbocycles. The molecule has 0 N–H and O–H groups in total. The number of rotatable bonds is 5. The third-order valence-corrected chi connectivity index (χ3v) is 5.79. The number of nitrogens with zero attached hydrogens (tertiary/aromatic N) is 1. The van der Waals surface area contributed by atoms with E-state index in [1.807, 2.05) is 36.4 Å². The molecule has 0 radical (unpaired) electrons. The largest absolute Gasteiger partial charge is 0.493 e. The number of ether oxygens (including phenoxy) is 2. The number of benzene rings is 3. The van der Waals surface area contributed by atoms with E-state index in [1.165, 1.54) is 0 Å². The van der Waals surface area contributed by atoms with Crippen molar-refractivity contribution < 1.29 is 18.7 Å². The van der Waals surface area contributed by atoms with Crippen LogP contribution in [0, 0.1) is 0 Å². The summed E-state index contributed by atoms with van der Waals surface area (Å²) in [6.45, 7) is 0.332. The van der Waals surface area contributed by atoms with Gasteiger partial charge >= 0.3 is 0 Å². The fourth-order valence-corrected chi connectivity index (χ4v) is 4.28. The van der Waals surface area contributed by atoms with Crippen LogP contribution in [0.25, 0.3) is 11.0 Å². The molecule has 2 heterocycles. The summed E-state index contributed by atoms with van der Waals surface area (Å²) in [7, 11) is 3.12. The zero-order valence-electron chi connectivity index (χ0n) is 17.7. The maximum absolute atomic E-state index is 13.5. The predicted octanol–water partition coefficient (Wildman–Crippen LogP) is 4.56. The average Bonchev–Trinajstić information content (AvgIpc) is 3.11. The minimum absolute atomic E-state index is 0.0874. The second-order valence-electron chi connectivity index (χ2n) is 7.61. The van der Waals surface area contributed by atoms with Crippen LogP contribution in [0.2, 0.25) is 0 Å². The first-order valence-electron chi connectivity index (χ1n) is 10.2. The highest BCUT2D eigenvalue weighted by molar-refractivity contribution is 5.99. The molecule has 1 atom stereocenters. The zero-order valence-corrected chi connectivity index (χ0v) is 17.7. The summed E-state index contributed by atoms with van der Waals surface area (Å²) in [4.78, 5) is 28.7. The van der Waals surface area contributed by atoms with Gasteiger partial charge in [0.25, 0.3) is 5.91 Å². The first-order valence-corrected chi connectivity index (χ1v) is 10.2. The first kappa shape index (κ1) is 19.9. The minimum atomic E-state index is -0.613. The summed E-state index contributed by atoms with van der Waals surface area (Å²) in [5, 5.41) is 0.450. The molecule has 6 nitrogen and oxygen atoms in total. The zero-order chi connectivity index (χ0) is 22.2. The topological polar surface area (TPSA) is 69.0 Å². The van der Waals surface area contributed by atoms with Crippen molar-refractivity contribution in [1.82, 2.24) is 4.90 Å². The first-order chi connectivity index (χ1) is 15.6. The molecule has 0 saturated heterocycles. The quantitative estimate of drug-likeness (QED) is 0.467. The molecule has 1 aliphatic heterocycles. The van der Waals surface area contributed by atoms with Crippen LogP contribution in [0.4, 0.5) is 0 Å². The summed E-state index contributed by atoms with van der Waals surface area (Å²) in [5.74, 6) is 0.868. The van der Waals surface area contributed by atoms with E-state index in [2.05, 4.69) is 0 Å². The van der Waals surface area contributed by atoms with Crippen LogP contribution in [0.1, 0.15) is 33.3 Å². The standard InChI is InChI=1S/C26H21NO5/c1-30-20-13-12-17(14-21(20)31-2)23-22-24(28)18-10-6-7-11-19(18)32-25(22)26(29)27(23)15-16-8-4-3-5-9-16/h3-14,23H,15H2,1-2H3. The molecule has 6 heteroatoms. The molecular weight excluding hydrogens is 406 g/mol. The van der Waals surface area contributed by atoms with Gasteiger partial charge in [-0.25, -0.2) is 0 Å². The summed E-state index contributed by atoms with van der Waals surface area (Å²) >= 11 is 0. The van der Waals surface area contributed by atoms with Crippen LogP contribution in [0.15, 0.2) is 82.0 Å². The van der Waals surface area contributed by atoms with E-state index in [9.17, 15) is 9.59 Å². The summed E-state index contributed by atoms with van der Waals surface area (Å²) < 4.78 is 16.8. The minimum Gasteiger partial charge on any atom is -0.493 e. The number of methoxy groups -OCH3 is 2. The van der Waals surface area contributed by atoms with Gasteiger partial charge < -0.3 is 18.8 Å². The van der Waals surface area contributed by atoms with E-state index >= 15 is 0 Å². The molecule has 0 bridgehead atoms. The Morgan fingerprint density at radius 3 is 2.34 bits per heavy atom. The van der Waals surface area contributed by atoms with Crippen molar-refractivity contribution in [3.05, 3.63) is 105 Å². The molecule has 32 heavy (non-hydrogen) atoms. The Bertz CT molecular complexity index is 1380. The monoisotopic (exact) mass is 427 g/mol. The van der Waals surface area contributed by atoms with Crippen LogP contribution in [-0.2, 0) is 6.54 Å². The lowest BCUT2D eigenvalue weighted by Crippen LogP contribution is -2.29. The number of carbonyl (C=O) groups excluding carboxylic acids is 1. The third-order valence-electron chi connectivity index (χ3n) is 5.79. The van der Waals surface area contributed by atoms with Gasteiger partial charge in [0, 0.05) is 6.54 Å². The molecule has 0 spiro atoms. The normalized spacial score (nSPS) is 15.1. The van der Waals surface area contributed by atoms with Crippen molar-refractivity contribution in [3.63, 3.8) is 0 Å². The van der Waals surface area contributed by atoms with Crippen molar-refractivity contribution in [3.8, 4) is 11.5 Å². The summed E-state index contributed by atoms with van der Waals surface area (Å²) in [5.41, 5.74) is 2.24. The number of hydrogen-bond donors (Lipinski definition) is 0. The van der Waals surface area contributed by atoms with Gasteiger partial charge in [0.1, 0.15) is 5.58 Å². The number of fused-ring (bicyclic) bond motifs is 2. The van der Waals surface area contributed by atoms with Crippen molar-refractivity contribution in [2.45, 2.75) is 12.6 Å². The maximum Gasteiger partial charge on any atom is 0.291 e. The van der Waals surface area contributed by atoms with Gasteiger partial charge in [-0.05, 0) is 35.4 Å². The highest BCUT2D eigenvalue weighted by atomic mass is 16.5.